The van der Waals surface area contributed by atoms with Crippen molar-refractivity contribution in [3.05, 3.63) is 29.8 Å². The van der Waals surface area contributed by atoms with Gasteiger partial charge in [-0.1, -0.05) is 52.3 Å². The Balaban J connectivity index is 1.91. The van der Waals surface area contributed by atoms with E-state index in [2.05, 4.69) is 57.3 Å². The minimum absolute atomic E-state index is 0.330. The maximum atomic E-state index is 6.15. The fourth-order valence-corrected chi connectivity index (χ4v) is 3.45. The van der Waals surface area contributed by atoms with E-state index in [1.165, 1.54) is 18.4 Å². The predicted molar refractivity (Wildman–Crippen MR) is 89.9 cm³/mol. The van der Waals surface area contributed by atoms with Gasteiger partial charge >= 0.3 is 0 Å². The molecule has 0 radical (unpaired) electrons. The molecule has 2 rings (SSSR count). The smallest absolute Gasteiger partial charge is 0.123 e. The summed E-state index contributed by atoms with van der Waals surface area (Å²) in [5, 5.41) is 3.65. The van der Waals surface area contributed by atoms with Gasteiger partial charge in [-0.3, -0.25) is 0 Å². The molecule has 0 spiro atoms. The second kappa shape index (κ2) is 7.31. The number of nitrogens with one attached hydrogen (secondary N) is 1. The summed E-state index contributed by atoms with van der Waals surface area (Å²) in [6, 6.07) is 8.48. The van der Waals surface area contributed by atoms with Gasteiger partial charge in [-0.15, -0.1) is 0 Å². The molecule has 0 aromatic heterocycles. The van der Waals surface area contributed by atoms with Gasteiger partial charge in [-0.05, 0) is 42.3 Å². The Labute approximate surface area is 130 Å². The maximum Gasteiger partial charge on any atom is 0.123 e. The van der Waals surface area contributed by atoms with Crippen LogP contribution in [0.25, 0.3) is 0 Å². The van der Waals surface area contributed by atoms with Crippen LogP contribution in [0.2, 0.25) is 0 Å². The second-order valence-electron chi connectivity index (χ2n) is 7.34. The number of benzene rings is 1. The zero-order valence-corrected chi connectivity index (χ0v) is 14.1. The minimum atomic E-state index is 0.330. The van der Waals surface area contributed by atoms with E-state index >= 15 is 0 Å². The van der Waals surface area contributed by atoms with E-state index in [-0.39, 0.29) is 0 Å². The normalized spacial score (nSPS) is 20.1. The van der Waals surface area contributed by atoms with Crippen molar-refractivity contribution >= 4 is 0 Å². The topological polar surface area (TPSA) is 21.3 Å². The van der Waals surface area contributed by atoms with Gasteiger partial charge in [0.05, 0.1) is 0 Å². The molecule has 2 unspecified atom stereocenters. The fourth-order valence-electron chi connectivity index (χ4n) is 3.45. The molecular formula is C19H31NO. The highest BCUT2D eigenvalue weighted by molar-refractivity contribution is 5.37. The third-order valence-corrected chi connectivity index (χ3v) is 4.39. The largest absolute Gasteiger partial charge is 0.490 e. The van der Waals surface area contributed by atoms with Gasteiger partial charge in [0.1, 0.15) is 11.9 Å². The molecule has 1 N–H and O–H groups in total. The van der Waals surface area contributed by atoms with Crippen LogP contribution in [0.3, 0.4) is 0 Å². The van der Waals surface area contributed by atoms with Gasteiger partial charge in [0.15, 0.2) is 0 Å². The van der Waals surface area contributed by atoms with Crippen molar-refractivity contribution in [1.29, 1.82) is 0 Å². The Bertz CT molecular complexity index is 418. The lowest BCUT2D eigenvalue weighted by Gasteiger charge is -2.32. The van der Waals surface area contributed by atoms with E-state index in [0.717, 1.165) is 31.7 Å². The summed E-state index contributed by atoms with van der Waals surface area (Å²) in [4.78, 5) is 0. The average molecular weight is 289 g/mol. The summed E-state index contributed by atoms with van der Waals surface area (Å²) in [7, 11) is 0. The van der Waals surface area contributed by atoms with Gasteiger partial charge in [0, 0.05) is 13.0 Å². The first kappa shape index (κ1) is 16.4. The second-order valence-corrected chi connectivity index (χ2v) is 7.34. The zero-order valence-electron chi connectivity index (χ0n) is 14.1. The van der Waals surface area contributed by atoms with E-state index in [1.54, 1.807) is 0 Å². The van der Waals surface area contributed by atoms with Crippen LogP contribution in [-0.2, 0) is 6.42 Å². The van der Waals surface area contributed by atoms with Crippen molar-refractivity contribution in [2.75, 3.05) is 13.1 Å². The molecule has 1 aliphatic heterocycles. The Morgan fingerprint density at radius 2 is 2.10 bits per heavy atom. The summed E-state index contributed by atoms with van der Waals surface area (Å²) in [5.74, 6) is 1.80. The fraction of sp³-hybridized carbons (Fsp3) is 0.684. The molecule has 2 atom stereocenters. The number of para-hydroxylation sites is 1. The molecule has 118 valence electrons. The lowest BCUT2D eigenvalue weighted by atomic mass is 9.79. The molecule has 1 aromatic carbocycles. The molecule has 1 aromatic rings. The van der Waals surface area contributed by atoms with Crippen LogP contribution in [0.5, 0.6) is 5.75 Å². The third kappa shape index (κ3) is 4.74. The molecule has 0 amide bonds. The molecule has 1 heterocycles. The van der Waals surface area contributed by atoms with Crippen molar-refractivity contribution < 1.29 is 4.74 Å². The van der Waals surface area contributed by atoms with Crippen LogP contribution in [0.15, 0.2) is 24.3 Å². The number of hydrogen-bond acceptors (Lipinski definition) is 2. The first-order chi connectivity index (χ1) is 10.0. The van der Waals surface area contributed by atoms with Crippen LogP contribution in [0, 0.1) is 11.3 Å². The SMILES string of the molecule is CCCC(C)(CNCC(C)C)CC1Cc2ccccc2O1. The third-order valence-electron chi connectivity index (χ3n) is 4.39. The lowest BCUT2D eigenvalue weighted by Crippen LogP contribution is -2.37. The van der Waals surface area contributed by atoms with Crippen LogP contribution in [0.1, 0.15) is 52.5 Å². The minimum Gasteiger partial charge on any atom is -0.490 e. The Kier molecular flexibility index (Phi) is 5.69. The molecule has 21 heavy (non-hydrogen) atoms. The first-order valence-electron chi connectivity index (χ1n) is 8.48. The number of hydrogen-bond donors (Lipinski definition) is 1. The van der Waals surface area contributed by atoms with Crippen molar-refractivity contribution in [2.45, 2.75) is 59.5 Å². The molecule has 0 saturated carbocycles. The first-order valence-corrected chi connectivity index (χ1v) is 8.48. The summed E-state index contributed by atoms with van der Waals surface area (Å²) in [6.07, 6.45) is 5.05. The Morgan fingerprint density at radius 1 is 1.33 bits per heavy atom. The van der Waals surface area contributed by atoms with Crippen LogP contribution < -0.4 is 10.1 Å². The molecule has 0 aliphatic carbocycles. The Hall–Kier alpha value is -1.02. The van der Waals surface area contributed by atoms with Crippen LogP contribution in [-0.4, -0.2) is 19.2 Å². The maximum absolute atomic E-state index is 6.15. The van der Waals surface area contributed by atoms with Gasteiger partial charge in [0.2, 0.25) is 0 Å². The number of rotatable bonds is 8. The average Bonchev–Trinajstić information content (AvgIpc) is 2.79. The zero-order chi connectivity index (χ0) is 15.3. The molecule has 2 nitrogen and oxygen atoms in total. The van der Waals surface area contributed by atoms with Crippen molar-refractivity contribution in [3.8, 4) is 5.75 Å². The van der Waals surface area contributed by atoms with Gasteiger partial charge < -0.3 is 10.1 Å². The van der Waals surface area contributed by atoms with E-state index in [1.807, 2.05) is 0 Å². The van der Waals surface area contributed by atoms with Crippen molar-refractivity contribution in [3.63, 3.8) is 0 Å². The summed E-state index contributed by atoms with van der Waals surface area (Å²) >= 11 is 0. The summed E-state index contributed by atoms with van der Waals surface area (Å²) in [5.41, 5.74) is 1.70. The molecule has 0 saturated heterocycles. The molecular weight excluding hydrogens is 258 g/mol. The molecule has 1 aliphatic rings. The van der Waals surface area contributed by atoms with Crippen molar-refractivity contribution in [1.82, 2.24) is 5.32 Å². The van der Waals surface area contributed by atoms with E-state index in [0.29, 0.717) is 17.4 Å². The molecule has 0 fully saturated rings. The summed E-state index contributed by atoms with van der Waals surface area (Å²) in [6.45, 7) is 11.4. The van der Waals surface area contributed by atoms with E-state index in [4.69, 9.17) is 4.74 Å². The number of ether oxygens (including phenoxy) is 1. The highest BCUT2D eigenvalue weighted by Gasteiger charge is 2.31. The standard InChI is InChI=1S/C19H31NO/c1-5-10-19(4,14-20-13-15(2)3)12-17-11-16-8-6-7-9-18(16)21-17/h6-9,15,17,20H,5,10-14H2,1-4H3. The lowest BCUT2D eigenvalue weighted by molar-refractivity contribution is 0.134. The van der Waals surface area contributed by atoms with Crippen LogP contribution in [0.4, 0.5) is 0 Å². The van der Waals surface area contributed by atoms with Gasteiger partial charge in [0.25, 0.3) is 0 Å². The molecule has 2 heteroatoms. The van der Waals surface area contributed by atoms with Gasteiger partial charge in [-0.2, -0.15) is 0 Å². The molecule has 0 bridgehead atoms. The summed E-state index contributed by atoms with van der Waals surface area (Å²) < 4.78 is 6.15. The monoisotopic (exact) mass is 289 g/mol. The predicted octanol–water partition coefficient (Wildman–Crippen LogP) is 4.43. The van der Waals surface area contributed by atoms with Crippen LogP contribution >= 0.6 is 0 Å². The number of fused-ring (bicyclic) bond motifs is 1. The Morgan fingerprint density at radius 3 is 2.76 bits per heavy atom. The van der Waals surface area contributed by atoms with Crippen molar-refractivity contribution in [2.24, 2.45) is 11.3 Å². The van der Waals surface area contributed by atoms with E-state index < -0.39 is 0 Å². The van der Waals surface area contributed by atoms with Gasteiger partial charge in [-0.25, -0.2) is 0 Å². The highest BCUT2D eigenvalue weighted by atomic mass is 16.5. The quantitative estimate of drug-likeness (QED) is 0.764. The highest BCUT2D eigenvalue weighted by Crippen LogP contribution is 2.36. The van der Waals surface area contributed by atoms with E-state index in [9.17, 15) is 0 Å².